The molecule has 1 aromatic rings. The number of hydrogen-bond acceptors (Lipinski definition) is 4. The molecule has 4 heteroatoms. The fraction of sp³-hybridized carbons (Fsp3) is 0.692. The molecule has 0 amide bonds. The van der Waals surface area contributed by atoms with Gasteiger partial charge in [-0.25, -0.2) is 4.98 Å². The summed E-state index contributed by atoms with van der Waals surface area (Å²) in [4.78, 5) is 16.2. The second kappa shape index (κ2) is 5.63. The number of ether oxygens (including phenoxy) is 1. The summed E-state index contributed by atoms with van der Waals surface area (Å²) >= 11 is 1.69. The Morgan fingerprint density at radius 2 is 2.29 bits per heavy atom. The Hall–Kier alpha value is -0.900. The number of aromatic nitrogens is 1. The Balaban J connectivity index is 2.04. The van der Waals surface area contributed by atoms with Crippen molar-refractivity contribution in [3.8, 4) is 0 Å². The lowest BCUT2D eigenvalue weighted by Crippen LogP contribution is -2.13. The summed E-state index contributed by atoms with van der Waals surface area (Å²) in [6.45, 7) is 4.13. The second-order valence-electron chi connectivity index (χ2n) is 4.57. The Bertz CT molecular complexity index is 383. The topological polar surface area (TPSA) is 39.2 Å². The van der Waals surface area contributed by atoms with E-state index in [4.69, 9.17) is 4.74 Å². The van der Waals surface area contributed by atoms with Crippen LogP contribution in [-0.4, -0.2) is 17.6 Å². The third kappa shape index (κ3) is 2.86. The average Bonchev–Trinajstić information content (AvgIpc) is 2.98. The van der Waals surface area contributed by atoms with Crippen LogP contribution in [0.25, 0.3) is 0 Å². The summed E-state index contributed by atoms with van der Waals surface area (Å²) in [7, 11) is 0. The lowest BCUT2D eigenvalue weighted by atomic mass is 10.1. The number of carbonyl (C=O) groups is 1. The van der Waals surface area contributed by atoms with Crippen LogP contribution >= 0.6 is 11.3 Å². The predicted molar refractivity (Wildman–Crippen MR) is 68.4 cm³/mol. The van der Waals surface area contributed by atoms with Crippen molar-refractivity contribution in [2.75, 3.05) is 6.61 Å². The normalized spacial score (nSPS) is 18.2. The Labute approximate surface area is 106 Å². The minimum absolute atomic E-state index is 0.171. The number of carbonyl (C=O) groups excluding carboxylic acids is 1. The van der Waals surface area contributed by atoms with E-state index in [1.165, 1.54) is 30.7 Å². The fourth-order valence-corrected chi connectivity index (χ4v) is 3.33. The van der Waals surface area contributed by atoms with Crippen molar-refractivity contribution in [3.05, 3.63) is 16.1 Å². The zero-order valence-corrected chi connectivity index (χ0v) is 11.3. The monoisotopic (exact) mass is 253 g/mol. The largest absolute Gasteiger partial charge is 0.465 e. The van der Waals surface area contributed by atoms with Gasteiger partial charge in [-0.2, -0.15) is 0 Å². The smallest absolute Gasteiger partial charge is 0.314 e. The first-order valence-corrected chi connectivity index (χ1v) is 7.22. The van der Waals surface area contributed by atoms with Crippen molar-refractivity contribution in [1.29, 1.82) is 0 Å². The van der Waals surface area contributed by atoms with Crippen molar-refractivity contribution in [1.82, 2.24) is 4.98 Å². The van der Waals surface area contributed by atoms with E-state index in [0.717, 1.165) is 5.69 Å². The Morgan fingerprint density at radius 1 is 1.59 bits per heavy atom. The molecule has 0 N–H and O–H groups in total. The maximum absolute atomic E-state index is 11.6. The van der Waals surface area contributed by atoms with Gasteiger partial charge in [0.2, 0.25) is 0 Å². The maximum atomic E-state index is 11.6. The number of nitrogens with zero attached hydrogens (tertiary/aromatic N) is 1. The molecular weight excluding hydrogens is 234 g/mol. The SMILES string of the molecule is CCOC(=O)C(C)c1csc(C2CCCC2)n1. The predicted octanol–water partition coefficient (Wildman–Crippen LogP) is 3.47. The van der Waals surface area contributed by atoms with Crippen LogP contribution in [-0.2, 0) is 9.53 Å². The van der Waals surface area contributed by atoms with Crippen molar-refractivity contribution >= 4 is 17.3 Å². The van der Waals surface area contributed by atoms with E-state index < -0.39 is 0 Å². The highest BCUT2D eigenvalue weighted by molar-refractivity contribution is 7.09. The Morgan fingerprint density at radius 3 is 2.94 bits per heavy atom. The zero-order valence-electron chi connectivity index (χ0n) is 10.4. The third-order valence-electron chi connectivity index (χ3n) is 3.33. The summed E-state index contributed by atoms with van der Waals surface area (Å²) in [6, 6.07) is 0. The molecule has 1 fully saturated rings. The van der Waals surface area contributed by atoms with E-state index in [0.29, 0.717) is 12.5 Å². The quantitative estimate of drug-likeness (QED) is 0.771. The molecule has 0 aromatic carbocycles. The van der Waals surface area contributed by atoms with Crippen molar-refractivity contribution in [3.63, 3.8) is 0 Å². The molecule has 1 aromatic heterocycles. The second-order valence-corrected chi connectivity index (χ2v) is 5.46. The highest BCUT2D eigenvalue weighted by Gasteiger charge is 2.24. The van der Waals surface area contributed by atoms with E-state index in [9.17, 15) is 4.79 Å². The van der Waals surface area contributed by atoms with Crippen LogP contribution in [0.3, 0.4) is 0 Å². The van der Waals surface area contributed by atoms with Gasteiger partial charge in [-0.3, -0.25) is 4.79 Å². The molecule has 1 heterocycles. The first-order chi connectivity index (χ1) is 8.22. The van der Waals surface area contributed by atoms with E-state index in [1.54, 1.807) is 11.3 Å². The fourth-order valence-electron chi connectivity index (χ4n) is 2.25. The third-order valence-corrected chi connectivity index (χ3v) is 4.35. The molecule has 0 radical (unpaired) electrons. The van der Waals surface area contributed by atoms with Crippen LogP contribution in [0.15, 0.2) is 5.38 Å². The minimum atomic E-state index is -0.235. The summed E-state index contributed by atoms with van der Waals surface area (Å²) < 4.78 is 5.02. The van der Waals surface area contributed by atoms with Crippen LogP contribution in [0.2, 0.25) is 0 Å². The molecule has 1 aliphatic carbocycles. The van der Waals surface area contributed by atoms with Crippen molar-refractivity contribution < 1.29 is 9.53 Å². The van der Waals surface area contributed by atoms with E-state index in [-0.39, 0.29) is 11.9 Å². The molecule has 1 saturated carbocycles. The summed E-state index contributed by atoms with van der Waals surface area (Å²) in [5, 5.41) is 3.21. The zero-order chi connectivity index (χ0) is 12.3. The van der Waals surface area contributed by atoms with Gasteiger partial charge < -0.3 is 4.74 Å². The summed E-state index contributed by atoms with van der Waals surface area (Å²) in [5.74, 6) is 0.222. The van der Waals surface area contributed by atoms with Gasteiger partial charge >= 0.3 is 5.97 Å². The van der Waals surface area contributed by atoms with E-state index in [2.05, 4.69) is 4.98 Å². The van der Waals surface area contributed by atoms with Crippen LogP contribution in [0, 0.1) is 0 Å². The lowest BCUT2D eigenvalue weighted by molar-refractivity contribution is -0.144. The maximum Gasteiger partial charge on any atom is 0.314 e. The highest BCUT2D eigenvalue weighted by atomic mass is 32.1. The van der Waals surface area contributed by atoms with Gasteiger partial charge in [0.15, 0.2) is 0 Å². The molecule has 2 rings (SSSR count). The molecule has 0 bridgehead atoms. The molecular formula is C13H19NO2S. The van der Waals surface area contributed by atoms with Crippen LogP contribution in [0.5, 0.6) is 0 Å². The van der Waals surface area contributed by atoms with E-state index >= 15 is 0 Å². The molecule has 0 spiro atoms. The van der Waals surface area contributed by atoms with Crippen molar-refractivity contribution in [2.45, 2.75) is 51.4 Å². The molecule has 0 saturated heterocycles. The van der Waals surface area contributed by atoms with E-state index in [1.807, 2.05) is 19.2 Å². The van der Waals surface area contributed by atoms with Gasteiger partial charge in [-0.1, -0.05) is 12.8 Å². The number of thiazole rings is 1. The number of hydrogen-bond donors (Lipinski definition) is 0. The highest BCUT2D eigenvalue weighted by Crippen LogP contribution is 2.36. The van der Waals surface area contributed by atoms with Crippen LogP contribution in [0.1, 0.15) is 62.1 Å². The molecule has 1 aliphatic rings. The summed E-state index contributed by atoms with van der Waals surface area (Å²) in [6.07, 6.45) is 5.13. The van der Waals surface area contributed by atoms with Gasteiger partial charge in [-0.15, -0.1) is 11.3 Å². The number of esters is 1. The summed E-state index contributed by atoms with van der Waals surface area (Å²) in [5.41, 5.74) is 0.871. The molecule has 94 valence electrons. The molecule has 1 atom stereocenters. The molecule has 3 nitrogen and oxygen atoms in total. The Kier molecular flexibility index (Phi) is 4.15. The first kappa shape index (κ1) is 12.6. The van der Waals surface area contributed by atoms with Gasteiger partial charge in [0.05, 0.1) is 23.2 Å². The van der Waals surface area contributed by atoms with Gasteiger partial charge in [0, 0.05) is 11.3 Å². The standard InChI is InChI=1S/C13H19NO2S/c1-3-16-13(15)9(2)11-8-17-12(14-11)10-6-4-5-7-10/h8-10H,3-7H2,1-2H3. The molecule has 1 unspecified atom stereocenters. The van der Waals surface area contributed by atoms with Gasteiger partial charge in [0.25, 0.3) is 0 Å². The van der Waals surface area contributed by atoms with Crippen LogP contribution < -0.4 is 0 Å². The number of rotatable bonds is 4. The lowest BCUT2D eigenvalue weighted by Gasteiger charge is -2.07. The molecule has 17 heavy (non-hydrogen) atoms. The van der Waals surface area contributed by atoms with Crippen molar-refractivity contribution in [2.24, 2.45) is 0 Å². The molecule has 0 aliphatic heterocycles. The average molecular weight is 253 g/mol. The first-order valence-electron chi connectivity index (χ1n) is 6.34. The van der Waals surface area contributed by atoms with Gasteiger partial charge in [-0.05, 0) is 26.7 Å². The minimum Gasteiger partial charge on any atom is -0.465 e. The van der Waals surface area contributed by atoms with Gasteiger partial charge in [0.1, 0.15) is 0 Å². The van der Waals surface area contributed by atoms with Crippen LogP contribution in [0.4, 0.5) is 0 Å².